The second-order valence-electron chi connectivity index (χ2n) is 1.92. The van der Waals surface area contributed by atoms with Crippen LogP contribution < -0.4 is 0 Å². The van der Waals surface area contributed by atoms with Gasteiger partial charge in [-0.25, -0.2) is 5.11 Å². The zero-order chi connectivity index (χ0) is 6.69. The van der Waals surface area contributed by atoms with Crippen LogP contribution in [0.5, 0.6) is 0 Å². The van der Waals surface area contributed by atoms with Crippen LogP contribution in [0.4, 0.5) is 0 Å². The molecule has 0 aliphatic rings. The van der Waals surface area contributed by atoms with E-state index in [1.54, 1.807) is 31.5 Å². The van der Waals surface area contributed by atoms with E-state index in [2.05, 4.69) is 4.98 Å². The average Bonchev–Trinajstić information content (AvgIpc) is 1.90. The van der Waals surface area contributed by atoms with E-state index in [-0.39, 0.29) is 0 Å². The molecule has 0 aromatic carbocycles. The van der Waals surface area contributed by atoms with Gasteiger partial charge in [0, 0.05) is 12.4 Å². The Hall–Kier alpha value is -0.890. The molecule has 0 spiro atoms. The zero-order valence-electron chi connectivity index (χ0n) is 5.24. The lowest BCUT2D eigenvalue weighted by Gasteiger charge is -1.97. The van der Waals surface area contributed by atoms with Crippen LogP contribution in [0.3, 0.4) is 0 Å². The van der Waals surface area contributed by atoms with Crippen LogP contribution in [0.25, 0.3) is 0 Å². The molecule has 1 atom stereocenters. The highest BCUT2D eigenvalue weighted by atomic mass is 16.3. The Balaban J connectivity index is 2.85. The molecule has 1 aromatic heterocycles. The molecule has 0 saturated carbocycles. The highest BCUT2D eigenvalue weighted by molar-refractivity contribution is 5.11. The molecule has 1 rings (SSSR count). The van der Waals surface area contributed by atoms with Crippen molar-refractivity contribution < 1.29 is 5.11 Å². The lowest BCUT2D eigenvalue weighted by molar-refractivity contribution is 0.106. The van der Waals surface area contributed by atoms with Crippen molar-refractivity contribution in [1.82, 2.24) is 4.98 Å². The zero-order valence-corrected chi connectivity index (χ0v) is 5.24. The third kappa shape index (κ3) is 1.50. The van der Waals surface area contributed by atoms with Crippen LogP contribution >= 0.6 is 0 Å². The predicted molar refractivity (Wildman–Crippen MR) is 33.3 cm³/mol. The van der Waals surface area contributed by atoms with E-state index < -0.39 is 6.10 Å². The van der Waals surface area contributed by atoms with E-state index in [0.717, 1.165) is 5.56 Å². The largest absolute Gasteiger partial charge is 0.265 e. The number of hydrogen-bond donors (Lipinski definition) is 0. The Kier molecular flexibility index (Phi) is 1.80. The maximum Gasteiger partial charge on any atom is 0.115 e. The van der Waals surface area contributed by atoms with Gasteiger partial charge in [0.05, 0.1) is 0 Å². The molecule has 0 unspecified atom stereocenters. The monoisotopic (exact) mass is 122 g/mol. The fourth-order valence-electron chi connectivity index (χ4n) is 0.634. The van der Waals surface area contributed by atoms with Gasteiger partial charge in [-0.05, 0) is 24.6 Å². The molecule has 1 heterocycles. The van der Waals surface area contributed by atoms with Crippen LogP contribution in [0.15, 0.2) is 24.5 Å². The number of nitrogens with zero attached hydrogens (tertiary/aromatic N) is 1. The maximum absolute atomic E-state index is 10.7. The van der Waals surface area contributed by atoms with Crippen molar-refractivity contribution in [3.05, 3.63) is 30.1 Å². The minimum Gasteiger partial charge on any atom is -0.265 e. The van der Waals surface area contributed by atoms with Crippen molar-refractivity contribution in [2.75, 3.05) is 0 Å². The van der Waals surface area contributed by atoms with Crippen LogP contribution in [0.1, 0.15) is 18.6 Å². The second-order valence-corrected chi connectivity index (χ2v) is 1.92. The van der Waals surface area contributed by atoms with Crippen molar-refractivity contribution in [3.63, 3.8) is 0 Å². The average molecular weight is 122 g/mol. The summed E-state index contributed by atoms with van der Waals surface area (Å²) in [4.78, 5) is 3.79. The molecule has 0 N–H and O–H groups in total. The molecule has 0 aliphatic heterocycles. The van der Waals surface area contributed by atoms with Gasteiger partial charge >= 0.3 is 0 Å². The quantitative estimate of drug-likeness (QED) is 0.556. The molecule has 0 fully saturated rings. The second kappa shape index (κ2) is 2.60. The van der Waals surface area contributed by atoms with E-state index in [0.29, 0.717) is 0 Å². The summed E-state index contributed by atoms with van der Waals surface area (Å²) in [7, 11) is 0. The molecule has 9 heavy (non-hydrogen) atoms. The summed E-state index contributed by atoms with van der Waals surface area (Å²) in [5.41, 5.74) is 0.796. The molecule has 47 valence electrons. The summed E-state index contributed by atoms with van der Waals surface area (Å²) in [6.45, 7) is 1.62. The lowest BCUT2D eigenvalue weighted by Crippen LogP contribution is -1.87. The first kappa shape index (κ1) is 6.23. The van der Waals surface area contributed by atoms with Gasteiger partial charge in [-0.1, -0.05) is 0 Å². The Morgan fingerprint density at radius 2 is 2.00 bits per heavy atom. The van der Waals surface area contributed by atoms with Gasteiger partial charge in [0.15, 0.2) is 0 Å². The van der Waals surface area contributed by atoms with Gasteiger partial charge in [0.2, 0.25) is 0 Å². The van der Waals surface area contributed by atoms with Crippen LogP contribution in [-0.4, -0.2) is 4.98 Å². The van der Waals surface area contributed by atoms with Crippen LogP contribution in [-0.2, 0) is 5.11 Å². The summed E-state index contributed by atoms with van der Waals surface area (Å²) >= 11 is 0. The third-order valence-corrected chi connectivity index (χ3v) is 1.18. The Bertz CT molecular complexity index is 172. The molecule has 0 amide bonds. The van der Waals surface area contributed by atoms with Crippen LogP contribution in [0, 0.1) is 0 Å². The van der Waals surface area contributed by atoms with Crippen molar-refractivity contribution >= 4 is 0 Å². The van der Waals surface area contributed by atoms with E-state index >= 15 is 0 Å². The summed E-state index contributed by atoms with van der Waals surface area (Å²) < 4.78 is 0. The van der Waals surface area contributed by atoms with E-state index in [4.69, 9.17) is 0 Å². The van der Waals surface area contributed by atoms with Crippen molar-refractivity contribution in [3.8, 4) is 0 Å². The predicted octanol–water partition coefficient (Wildman–Crippen LogP) is 1.57. The van der Waals surface area contributed by atoms with E-state index in [1.807, 2.05) is 0 Å². The first-order valence-electron chi connectivity index (χ1n) is 2.86. The summed E-state index contributed by atoms with van der Waals surface area (Å²) in [6, 6.07) is 3.47. The number of hydrogen-bond acceptors (Lipinski definition) is 1. The van der Waals surface area contributed by atoms with Gasteiger partial charge < -0.3 is 0 Å². The van der Waals surface area contributed by atoms with E-state index in [9.17, 15) is 5.11 Å². The number of aromatic nitrogens is 1. The maximum atomic E-state index is 10.7. The standard InChI is InChI=1S/C7H8NO/c1-6(9)7-2-4-8-5-3-7/h2-6H,1H3/t6-/m1/s1. The van der Waals surface area contributed by atoms with Gasteiger partial charge in [-0.2, -0.15) is 0 Å². The molecular formula is C7H8NO. The highest BCUT2D eigenvalue weighted by Crippen LogP contribution is 2.08. The van der Waals surface area contributed by atoms with Gasteiger partial charge in [-0.15, -0.1) is 0 Å². The van der Waals surface area contributed by atoms with E-state index in [1.165, 1.54) is 0 Å². The lowest BCUT2D eigenvalue weighted by atomic mass is 10.2. The van der Waals surface area contributed by atoms with Crippen molar-refractivity contribution in [1.29, 1.82) is 0 Å². The number of rotatable bonds is 1. The van der Waals surface area contributed by atoms with Gasteiger partial charge in [0.1, 0.15) is 6.10 Å². The minimum atomic E-state index is -0.631. The normalized spacial score (nSPS) is 13.1. The summed E-state index contributed by atoms with van der Waals surface area (Å²) in [5, 5.41) is 10.7. The molecular weight excluding hydrogens is 114 g/mol. The molecule has 2 nitrogen and oxygen atoms in total. The summed E-state index contributed by atoms with van der Waals surface area (Å²) in [6.07, 6.45) is 2.63. The molecule has 2 heteroatoms. The third-order valence-electron chi connectivity index (χ3n) is 1.18. The molecule has 0 saturated heterocycles. The first-order chi connectivity index (χ1) is 4.30. The van der Waals surface area contributed by atoms with Gasteiger partial charge in [-0.3, -0.25) is 4.98 Å². The van der Waals surface area contributed by atoms with Crippen LogP contribution in [0.2, 0.25) is 0 Å². The van der Waals surface area contributed by atoms with Crippen molar-refractivity contribution in [2.45, 2.75) is 13.0 Å². The smallest absolute Gasteiger partial charge is 0.115 e. The van der Waals surface area contributed by atoms with Crippen molar-refractivity contribution in [2.24, 2.45) is 0 Å². The Labute approximate surface area is 54.2 Å². The first-order valence-corrected chi connectivity index (χ1v) is 2.86. The molecule has 1 aromatic rings. The molecule has 0 aliphatic carbocycles. The fourth-order valence-corrected chi connectivity index (χ4v) is 0.634. The Morgan fingerprint density at radius 3 is 2.33 bits per heavy atom. The highest BCUT2D eigenvalue weighted by Gasteiger charge is 1.98. The van der Waals surface area contributed by atoms with Gasteiger partial charge in [0.25, 0.3) is 0 Å². The topological polar surface area (TPSA) is 32.8 Å². The minimum absolute atomic E-state index is 0.631. The fraction of sp³-hybridized carbons (Fsp3) is 0.286. The molecule has 0 bridgehead atoms. The number of pyridine rings is 1. The summed E-state index contributed by atoms with van der Waals surface area (Å²) in [5.74, 6) is 0. The molecule has 1 radical (unpaired) electrons. The Morgan fingerprint density at radius 1 is 1.44 bits per heavy atom. The SMILES string of the molecule is C[C@@H]([O])c1ccncc1.